The molecule has 2 heterocycles. The van der Waals surface area contributed by atoms with Gasteiger partial charge in [-0.05, 0) is 58.1 Å². The zero-order valence-corrected chi connectivity index (χ0v) is 12.8. The van der Waals surface area contributed by atoms with Gasteiger partial charge in [0.05, 0.1) is 12.5 Å². The molecule has 0 N–H and O–H groups in total. The first-order valence-electron chi connectivity index (χ1n) is 7.17. The predicted octanol–water partition coefficient (Wildman–Crippen LogP) is 3.48. The molecule has 112 valence electrons. The summed E-state index contributed by atoms with van der Waals surface area (Å²) in [5.41, 5.74) is 1.08. The quantitative estimate of drug-likeness (QED) is 0.742. The highest BCUT2D eigenvalue weighted by Crippen LogP contribution is 2.30. The molecule has 0 fully saturated rings. The van der Waals surface area contributed by atoms with Crippen molar-refractivity contribution in [2.24, 2.45) is 0 Å². The third-order valence-corrected chi connectivity index (χ3v) is 4.05. The van der Waals surface area contributed by atoms with E-state index < -0.39 is 11.2 Å². The molecule has 0 saturated heterocycles. The molecule has 2 aliphatic heterocycles. The van der Waals surface area contributed by atoms with Crippen LogP contribution in [0.1, 0.15) is 53.4 Å². The van der Waals surface area contributed by atoms with Crippen molar-refractivity contribution < 1.29 is 19.0 Å². The van der Waals surface area contributed by atoms with E-state index in [1.807, 2.05) is 20.8 Å². The number of allylic oxidation sites excluding steroid dienone is 2. The van der Waals surface area contributed by atoms with Crippen molar-refractivity contribution in [2.75, 3.05) is 6.61 Å². The SMILES string of the molecule is CC1=COC(C)(COC(=O)C2(C)CCC(C)=CO2)CC1. The highest BCUT2D eigenvalue weighted by Gasteiger charge is 2.40. The Bertz CT molecular complexity index is 451. The average Bonchev–Trinajstić information content (AvgIpc) is 2.43. The van der Waals surface area contributed by atoms with E-state index in [9.17, 15) is 4.79 Å². The van der Waals surface area contributed by atoms with Crippen LogP contribution < -0.4 is 0 Å². The predicted molar refractivity (Wildman–Crippen MR) is 75.9 cm³/mol. The summed E-state index contributed by atoms with van der Waals surface area (Å²) >= 11 is 0. The van der Waals surface area contributed by atoms with Crippen LogP contribution in [0.5, 0.6) is 0 Å². The maximum absolute atomic E-state index is 12.2. The van der Waals surface area contributed by atoms with E-state index in [4.69, 9.17) is 14.2 Å². The summed E-state index contributed by atoms with van der Waals surface area (Å²) in [4.78, 5) is 12.2. The van der Waals surface area contributed by atoms with Gasteiger partial charge in [-0.15, -0.1) is 0 Å². The van der Waals surface area contributed by atoms with Crippen molar-refractivity contribution in [3.63, 3.8) is 0 Å². The first kappa shape index (κ1) is 14.9. The number of esters is 1. The second-order valence-corrected chi connectivity index (χ2v) is 6.42. The fraction of sp³-hybridized carbons (Fsp3) is 0.688. The third kappa shape index (κ3) is 3.35. The molecule has 2 aliphatic rings. The topological polar surface area (TPSA) is 44.8 Å². The minimum atomic E-state index is -0.865. The number of hydrogen-bond acceptors (Lipinski definition) is 4. The molecule has 0 aromatic carbocycles. The van der Waals surface area contributed by atoms with E-state index in [1.165, 1.54) is 5.57 Å². The van der Waals surface area contributed by atoms with Crippen LogP contribution in [0, 0.1) is 0 Å². The molecular formula is C16H24O4. The lowest BCUT2D eigenvalue weighted by molar-refractivity contribution is -0.173. The van der Waals surface area contributed by atoms with Gasteiger partial charge in [0, 0.05) is 6.42 Å². The van der Waals surface area contributed by atoms with Gasteiger partial charge in [0.15, 0.2) is 0 Å². The molecule has 0 aromatic heterocycles. The number of carbonyl (C=O) groups is 1. The Morgan fingerprint density at radius 1 is 1.15 bits per heavy atom. The zero-order chi connectivity index (χ0) is 14.8. The van der Waals surface area contributed by atoms with Crippen LogP contribution in [-0.2, 0) is 19.0 Å². The van der Waals surface area contributed by atoms with Crippen molar-refractivity contribution in [1.82, 2.24) is 0 Å². The summed E-state index contributed by atoms with van der Waals surface area (Å²) in [7, 11) is 0. The smallest absolute Gasteiger partial charge is 0.350 e. The van der Waals surface area contributed by atoms with Crippen LogP contribution in [-0.4, -0.2) is 23.8 Å². The zero-order valence-electron chi connectivity index (χ0n) is 12.8. The van der Waals surface area contributed by atoms with E-state index in [1.54, 1.807) is 19.4 Å². The van der Waals surface area contributed by atoms with Crippen LogP contribution in [0.3, 0.4) is 0 Å². The fourth-order valence-corrected chi connectivity index (χ4v) is 2.23. The van der Waals surface area contributed by atoms with Gasteiger partial charge in [-0.2, -0.15) is 0 Å². The van der Waals surface area contributed by atoms with Crippen molar-refractivity contribution in [1.29, 1.82) is 0 Å². The lowest BCUT2D eigenvalue weighted by atomic mass is 9.94. The van der Waals surface area contributed by atoms with E-state index in [0.29, 0.717) is 6.42 Å². The maximum Gasteiger partial charge on any atom is 0.350 e. The van der Waals surface area contributed by atoms with E-state index in [-0.39, 0.29) is 12.6 Å². The molecule has 0 amide bonds. The molecular weight excluding hydrogens is 256 g/mol. The van der Waals surface area contributed by atoms with Gasteiger partial charge in [0.25, 0.3) is 0 Å². The second kappa shape index (κ2) is 5.51. The van der Waals surface area contributed by atoms with Crippen molar-refractivity contribution >= 4 is 5.97 Å². The largest absolute Gasteiger partial charge is 0.492 e. The molecule has 2 atom stereocenters. The summed E-state index contributed by atoms with van der Waals surface area (Å²) in [6.45, 7) is 8.05. The maximum atomic E-state index is 12.2. The Balaban J connectivity index is 1.89. The Morgan fingerprint density at radius 3 is 2.25 bits per heavy atom. The molecule has 0 spiro atoms. The summed E-state index contributed by atoms with van der Waals surface area (Å²) in [5.74, 6) is -0.308. The first-order chi connectivity index (χ1) is 9.33. The summed E-state index contributed by atoms with van der Waals surface area (Å²) in [6.07, 6.45) is 6.78. The van der Waals surface area contributed by atoms with Crippen LogP contribution in [0.2, 0.25) is 0 Å². The summed E-state index contributed by atoms with van der Waals surface area (Å²) in [5, 5.41) is 0. The molecule has 0 aliphatic carbocycles. The van der Waals surface area contributed by atoms with Crippen molar-refractivity contribution in [3.05, 3.63) is 23.7 Å². The van der Waals surface area contributed by atoms with E-state index in [2.05, 4.69) is 0 Å². The van der Waals surface area contributed by atoms with Gasteiger partial charge < -0.3 is 14.2 Å². The summed E-state index contributed by atoms with van der Waals surface area (Å²) in [6, 6.07) is 0. The van der Waals surface area contributed by atoms with Gasteiger partial charge in [-0.25, -0.2) is 4.79 Å². The van der Waals surface area contributed by atoms with Gasteiger partial charge >= 0.3 is 5.97 Å². The van der Waals surface area contributed by atoms with Gasteiger partial charge in [-0.1, -0.05) is 0 Å². The van der Waals surface area contributed by atoms with Crippen LogP contribution >= 0.6 is 0 Å². The molecule has 2 rings (SSSR count). The first-order valence-corrected chi connectivity index (χ1v) is 7.17. The fourth-order valence-electron chi connectivity index (χ4n) is 2.23. The Kier molecular flexibility index (Phi) is 4.11. The highest BCUT2D eigenvalue weighted by atomic mass is 16.6. The minimum Gasteiger partial charge on any atom is -0.492 e. The van der Waals surface area contributed by atoms with Crippen molar-refractivity contribution in [3.8, 4) is 0 Å². The molecule has 0 bridgehead atoms. The Labute approximate surface area is 120 Å². The number of rotatable bonds is 3. The number of ether oxygens (including phenoxy) is 3. The molecule has 0 radical (unpaired) electrons. The minimum absolute atomic E-state index is 0.261. The Hall–Kier alpha value is -1.45. The number of hydrogen-bond donors (Lipinski definition) is 0. The molecule has 4 nitrogen and oxygen atoms in total. The lowest BCUT2D eigenvalue weighted by Gasteiger charge is -2.35. The molecule has 4 heteroatoms. The second-order valence-electron chi connectivity index (χ2n) is 6.42. The monoisotopic (exact) mass is 280 g/mol. The van der Waals surface area contributed by atoms with E-state index in [0.717, 1.165) is 24.8 Å². The van der Waals surface area contributed by atoms with E-state index >= 15 is 0 Å². The average molecular weight is 280 g/mol. The highest BCUT2D eigenvalue weighted by molar-refractivity contribution is 5.79. The van der Waals surface area contributed by atoms with Crippen LogP contribution in [0.4, 0.5) is 0 Å². The molecule has 0 saturated carbocycles. The number of carbonyl (C=O) groups excluding carboxylic acids is 1. The third-order valence-electron chi connectivity index (χ3n) is 4.05. The van der Waals surface area contributed by atoms with Gasteiger partial charge in [0.1, 0.15) is 12.2 Å². The standard InChI is InChI=1S/C16H24O4/c1-12-5-7-15(3,19-9-12)11-18-14(17)16(4)8-6-13(2)10-20-16/h9-10H,5-8,11H2,1-4H3. The molecule has 2 unspecified atom stereocenters. The van der Waals surface area contributed by atoms with Crippen molar-refractivity contribution in [2.45, 2.75) is 64.6 Å². The van der Waals surface area contributed by atoms with Crippen LogP contribution in [0.25, 0.3) is 0 Å². The van der Waals surface area contributed by atoms with Gasteiger partial charge in [-0.3, -0.25) is 0 Å². The molecule has 0 aromatic rings. The molecule has 20 heavy (non-hydrogen) atoms. The summed E-state index contributed by atoms with van der Waals surface area (Å²) < 4.78 is 16.7. The lowest BCUT2D eigenvalue weighted by Crippen LogP contribution is -2.44. The van der Waals surface area contributed by atoms with Gasteiger partial charge in [0.2, 0.25) is 5.60 Å². The van der Waals surface area contributed by atoms with Crippen LogP contribution in [0.15, 0.2) is 23.7 Å². The normalized spacial score (nSPS) is 33.4. The Morgan fingerprint density at radius 2 is 1.75 bits per heavy atom.